The Morgan fingerprint density at radius 1 is 1.38 bits per heavy atom. The number of rotatable bonds is 4. The smallest absolute Gasteiger partial charge is 0.127 e. The van der Waals surface area contributed by atoms with Crippen molar-refractivity contribution >= 4 is 6.08 Å². The van der Waals surface area contributed by atoms with E-state index in [4.69, 9.17) is 9.47 Å². The number of aromatic amines is 1. The van der Waals surface area contributed by atoms with Crippen LogP contribution in [0.3, 0.4) is 0 Å². The number of hydrogen-bond acceptors (Lipinski definition) is 4. The minimum Gasteiger partial charge on any atom is -0.497 e. The van der Waals surface area contributed by atoms with Gasteiger partial charge in [-0.05, 0) is 55.3 Å². The second kappa shape index (κ2) is 6.69. The largest absolute Gasteiger partial charge is 0.497 e. The number of ether oxygens (including phenoxy) is 2. The lowest BCUT2D eigenvalue weighted by Crippen LogP contribution is -2.36. The first-order valence-corrected chi connectivity index (χ1v) is 8.54. The highest BCUT2D eigenvalue weighted by atomic mass is 16.5. The Hall–Kier alpha value is -2.27. The molecule has 0 aliphatic carbocycles. The van der Waals surface area contributed by atoms with Crippen molar-refractivity contribution in [2.45, 2.75) is 18.8 Å². The van der Waals surface area contributed by atoms with Gasteiger partial charge in [-0.3, -0.25) is 10.00 Å². The minimum absolute atomic E-state index is 0.554. The summed E-state index contributed by atoms with van der Waals surface area (Å²) in [4.78, 5) is 2.52. The van der Waals surface area contributed by atoms with Gasteiger partial charge in [0.15, 0.2) is 0 Å². The molecular weight excluding hydrogens is 302 g/mol. The summed E-state index contributed by atoms with van der Waals surface area (Å²) in [5, 5.41) is 7.22. The van der Waals surface area contributed by atoms with Crippen LogP contribution in [0.1, 0.15) is 30.0 Å². The molecule has 1 fully saturated rings. The summed E-state index contributed by atoms with van der Waals surface area (Å²) in [6, 6.07) is 8.06. The van der Waals surface area contributed by atoms with Gasteiger partial charge in [0.1, 0.15) is 18.1 Å². The molecule has 24 heavy (non-hydrogen) atoms. The van der Waals surface area contributed by atoms with E-state index in [-0.39, 0.29) is 0 Å². The van der Waals surface area contributed by atoms with E-state index in [1.165, 1.54) is 24.1 Å². The first-order valence-electron chi connectivity index (χ1n) is 8.54. The Labute approximate surface area is 142 Å². The Bertz CT molecular complexity index is 724. The van der Waals surface area contributed by atoms with Crippen LogP contribution in [0.15, 0.2) is 36.0 Å². The predicted octanol–water partition coefficient (Wildman–Crippen LogP) is 3.07. The van der Waals surface area contributed by atoms with Crippen LogP contribution in [0, 0.1) is 0 Å². The fraction of sp³-hybridized carbons (Fsp3) is 0.421. The maximum absolute atomic E-state index is 5.91. The zero-order valence-electron chi connectivity index (χ0n) is 14.0. The van der Waals surface area contributed by atoms with Gasteiger partial charge in [-0.2, -0.15) is 5.10 Å². The monoisotopic (exact) mass is 325 g/mol. The molecular formula is C19H23N3O2. The number of nitrogens with zero attached hydrogens (tertiary/aromatic N) is 2. The molecule has 0 amide bonds. The molecule has 0 saturated carbocycles. The molecule has 1 N–H and O–H groups in total. The number of hydrogen-bond donors (Lipinski definition) is 1. The molecule has 2 aliphatic heterocycles. The van der Waals surface area contributed by atoms with Crippen LogP contribution >= 0.6 is 0 Å². The first kappa shape index (κ1) is 15.3. The summed E-state index contributed by atoms with van der Waals surface area (Å²) in [5.74, 6) is 2.36. The zero-order valence-corrected chi connectivity index (χ0v) is 14.0. The minimum atomic E-state index is 0.554. The Morgan fingerprint density at radius 2 is 2.33 bits per heavy atom. The number of piperidine rings is 1. The zero-order chi connectivity index (χ0) is 16.4. The molecule has 1 saturated heterocycles. The number of nitrogens with one attached hydrogen (secondary N) is 1. The second-order valence-corrected chi connectivity index (χ2v) is 6.58. The van der Waals surface area contributed by atoms with Crippen molar-refractivity contribution < 1.29 is 9.47 Å². The van der Waals surface area contributed by atoms with E-state index in [9.17, 15) is 0 Å². The van der Waals surface area contributed by atoms with E-state index in [0.717, 1.165) is 36.7 Å². The van der Waals surface area contributed by atoms with Crippen molar-refractivity contribution in [3.8, 4) is 11.5 Å². The molecule has 0 bridgehead atoms. The molecule has 1 aromatic heterocycles. The molecule has 5 nitrogen and oxygen atoms in total. The third-order valence-electron chi connectivity index (χ3n) is 4.88. The van der Waals surface area contributed by atoms with Gasteiger partial charge in [0, 0.05) is 36.5 Å². The van der Waals surface area contributed by atoms with E-state index >= 15 is 0 Å². The summed E-state index contributed by atoms with van der Waals surface area (Å²) in [7, 11) is 1.69. The molecule has 126 valence electrons. The molecule has 4 rings (SSSR count). The quantitative estimate of drug-likeness (QED) is 0.938. The summed E-state index contributed by atoms with van der Waals surface area (Å²) in [6.07, 6.45) is 6.55. The molecule has 0 spiro atoms. The van der Waals surface area contributed by atoms with Gasteiger partial charge in [-0.25, -0.2) is 0 Å². The van der Waals surface area contributed by atoms with Gasteiger partial charge in [-0.1, -0.05) is 0 Å². The van der Waals surface area contributed by atoms with Crippen LogP contribution in [0.4, 0.5) is 0 Å². The SMILES string of the molecule is COc1ccc2c(c1)C=C(CN1CCCC(c3ccn[nH]3)C1)CO2. The van der Waals surface area contributed by atoms with Crippen molar-refractivity contribution in [3.05, 3.63) is 47.3 Å². The molecule has 2 aromatic rings. The van der Waals surface area contributed by atoms with Gasteiger partial charge in [0.25, 0.3) is 0 Å². The summed E-state index contributed by atoms with van der Waals surface area (Å²) in [6.45, 7) is 3.85. The van der Waals surface area contributed by atoms with Crippen molar-refractivity contribution in [3.63, 3.8) is 0 Å². The van der Waals surface area contributed by atoms with Crippen molar-refractivity contribution in [2.75, 3.05) is 33.4 Å². The number of fused-ring (bicyclic) bond motifs is 1. The highest BCUT2D eigenvalue weighted by Crippen LogP contribution is 2.31. The van der Waals surface area contributed by atoms with Crippen LogP contribution in [0.25, 0.3) is 6.08 Å². The molecule has 0 radical (unpaired) electrons. The van der Waals surface area contributed by atoms with Crippen LogP contribution in [-0.2, 0) is 0 Å². The average molecular weight is 325 g/mol. The van der Waals surface area contributed by atoms with Crippen LogP contribution in [-0.4, -0.2) is 48.4 Å². The second-order valence-electron chi connectivity index (χ2n) is 6.58. The molecule has 1 atom stereocenters. The van der Waals surface area contributed by atoms with Crippen molar-refractivity contribution in [2.24, 2.45) is 0 Å². The number of benzene rings is 1. The van der Waals surface area contributed by atoms with Gasteiger partial charge in [0.05, 0.1) is 7.11 Å². The number of methoxy groups -OCH3 is 1. The van der Waals surface area contributed by atoms with Gasteiger partial charge < -0.3 is 9.47 Å². The Kier molecular flexibility index (Phi) is 4.26. The van der Waals surface area contributed by atoms with E-state index in [1.807, 2.05) is 24.4 Å². The van der Waals surface area contributed by atoms with Gasteiger partial charge >= 0.3 is 0 Å². The summed E-state index contributed by atoms with van der Waals surface area (Å²) >= 11 is 0. The topological polar surface area (TPSA) is 50.4 Å². The third kappa shape index (κ3) is 3.17. The fourth-order valence-corrected chi connectivity index (χ4v) is 3.66. The van der Waals surface area contributed by atoms with Crippen molar-refractivity contribution in [1.29, 1.82) is 0 Å². The van der Waals surface area contributed by atoms with Gasteiger partial charge in [0.2, 0.25) is 0 Å². The van der Waals surface area contributed by atoms with E-state index in [0.29, 0.717) is 12.5 Å². The third-order valence-corrected chi connectivity index (χ3v) is 4.88. The highest BCUT2D eigenvalue weighted by Gasteiger charge is 2.23. The van der Waals surface area contributed by atoms with Crippen LogP contribution < -0.4 is 9.47 Å². The fourth-order valence-electron chi connectivity index (χ4n) is 3.66. The standard InChI is InChI=1S/C19H23N3O2/c1-23-17-4-5-19-16(10-17)9-14(13-24-19)11-22-8-2-3-15(12-22)18-6-7-20-21-18/h4-7,9-10,15H,2-3,8,11-13H2,1H3,(H,20,21). The Morgan fingerprint density at radius 3 is 3.17 bits per heavy atom. The predicted molar refractivity (Wildman–Crippen MR) is 93.5 cm³/mol. The lowest BCUT2D eigenvalue weighted by molar-refractivity contribution is 0.213. The summed E-state index contributed by atoms with van der Waals surface area (Å²) < 4.78 is 11.2. The van der Waals surface area contributed by atoms with Crippen LogP contribution in [0.2, 0.25) is 0 Å². The van der Waals surface area contributed by atoms with Crippen molar-refractivity contribution in [1.82, 2.24) is 15.1 Å². The lowest BCUT2D eigenvalue weighted by atomic mass is 9.94. The maximum Gasteiger partial charge on any atom is 0.127 e. The van der Waals surface area contributed by atoms with E-state index in [2.05, 4.69) is 27.2 Å². The molecule has 3 heterocycles. The van der Waals surface area contributed by atoms with E-state index < -0.39 is 0 Å². The molecule has 5 heteroatoms. The number of H-pyrrole nitrogens is 1. The van der Waals surface area contributed by atoms with Gasteiger partial charge in [-0.15, -0.1) is 0 Å². The lowest BCUT2D eigenvalue weighted by Gasteiger charge is -2.33. The molecule has 1 aromatic carbocycles. The number of aromatic nitrogens is 2. The highest BCUT2D eigenvalue weighted by molar-refractivity contribution is 5.64. The Balaban J connectivity index is 1.46. The average Bonchev–Trinajstić information content (AvgIpc) is 3.16. The molecule has 1 unspecified atom stereocenters. The van der Waals surface area contributed by atoms with E-state index in [1.54, 1.807) is 7.11 Å². The first-order chi connectivity index (χ1) is 11.8. The normalized spacial score (nSPS) is 20.9. The van der Waals surface area contributed by atoms with Crippen LogP contribution in [0.5, 0.6) is 11.5 Å². The number of likely N-dealkylation sites (tertiary alicyclic amines) is 1. The molecule has 2 aliphatic rings. The summed E-state index contributed by atoms with van der Waals surface area (Å²) in [5.41, 5.74) is 3.68. The maximum atomic E-state index is 5.91.